The van der Waals surface area contributed by atoms with E-state index < -0.39 is 0 Å². The summed E-state index contributed by atoms with van der Waals surface area (Å²) in [7, 11) is 0. The molecule has 1 aromatic carbocycles. The third kappa shape index (κ3) is 3.36. The molecule has 0 aliphatic heterocycles. The van der Waals surface area contributed by atoms with Crippen LogP contribution in [-0.4, -0.2) is 19.8 Å². The van der Waals surface area contributed by atoms with Crippen LogP contribution >= 0.6 is 0 Å². The van der Waals surface area contributed by atoms with Crippen LogP contribution in [0, 0.1) is 0 Å². The summed E-state index contributed by atoms with van der Waals surface area (Å²) < 4.78 is 16.0. The predicted octanol–water partition coefficient (Wildman–Crippen LogP) is 3.36. The first kappa shape index (κ1) is 11.7. The molecule has 0 bridgehead atoms. The normalized spacial score (nSPS) is 10.4. The zero-order valence-electron chi connectivity index (χ0n) is 9.89. The van der Waals surface area contributed by atoms with Gasteiger partial charge in [0.15, 0.2) is 0 Å². The van der Waals surface area contributed by atoms with E-state index in [0.717, 1.165) is 23.7 Å². The highest BCUT2D eigenvalue weighted by atomic mass is 16.5. The van der Waals surface area contributed by atoms with Crippen molar-refractivity contribution in [1.82, 2.24) is 0 Å². The number of ether oxygens (including phenoxy) is 2. The second kappa shape index (κ2) is 6.11. The molecule has 0 amide bonds. The summed E-state index contributed by atoms with van der Waals surface area (Å²) in [6.07, 6.45) is 1.67. The van der Waals surface area contributed by atoms with Crippen molar-refractivity contribution in [3.8, 4) is 17.1 Å². The van der Waals surface area contributed by atoms with Crippen molar-refractivity contribution in [2.24, 2.45) is 0 Å². The average molecular weight is 232 g/mol. The van der Waals surface area contributed by atoms with Gasteiger partial charge in [0.25, 0.3) is 0 Å². The van der Waals surface area contributed by atoms with Crippen molar-refractivity contribution in [3.05, 3.63) is 42.7 Å². The van der Waals surface area contributed by atoms with E-state index in [1.54, 1.807) is 6.26 Å². The van der Waals surface area contributed by atoms with E-state index in [1.165, 1.54) is 0 Å². The number of furan rings is 1. The minimum Gasteiger partial charge on any atom is -0.491 e. The minimum atomic E-state index is 0.577. The summed E-state index contributed by atoms with van der Waals surface area (Å²) in [6.45, 7) is 3.89. The predicted molar refractivity (Wildman–Crippen MR) is 66.1 cm³/mol. The van der Waals surface area contributed by atoms with Crippen molar-refractivity contribution in [2.75, 3.05) is 19.8 Å². The van der Waals surface area contributed by atoms with E-state index in [4.69, 9.17) is 13.9 Å². The number of hydrogen-bond donors (Lipinski definition) is 0. The van der Waals surface area contributed by atoms with E-state index in [0.29, 0.717) is 13.2 Å². The summed E-state index contributed by atoms with van der Waals surface area (Å²) in [5.74, 6) is 1.71. The monoisotopic (exact) mass is 232 g/mol. The molecule has 2 rings (SSSR count). The van der Waals surface area contributed by atoms with Crippen molar-refractivity contribution in [2.45, 2.75) is 6.92 Å². The lowest BCUT2D eigenvalue weighted by Crippen LogP contribution is -2.06. The Kier molecular flexibility index (Phi) is 4.22. The SMILES string of the molecule is CCOCCOc1ccc(-c2ccco2)cc1. The molecule has 1 aromatic heterocycles. The van der Waals surface area contributed by atoms with Gasteiger partial charge in [0, 0.05) is 12.2 Å². The second-order valence-electron chi connectivity index (χ2n) is 3.55. The highest BCUT2D eigenvalue weighted by Crippen LogP contribution is 2.22. The van der Waals surface area contributed by atoms with Gasteiger partial charge in [-0.25, -0.2) is 0 Å². The fourth-order valence-electron chi connectivity index (χ4n) is 1.52. The largest absolute Gasteiger partial charge is 0.491 e. The molecule has 17 heavy (non-hydrogen) atoms. The Morgan fingerprint density at radius 2 is 1.88 bits per heavy atom. The molecule has 0 unspecified atom stereocenters. The Labute approximate surface area is 101 Å². The third-order valence-electron chi connectivity index (χ3n) is 2.36. The Hall–Kier alpha value is -1.74. The van der Waals surface area contributed by atoms with Crippen LogP contribution in [0.1, 0.15) is 6.92 Å². The van der Waals surface area contributed by atoms with Crippen molar-refractivity contribution < 1.29 is 13.9 Å². The lowest BCUT2D eigenvalue weighted by Gasteiger charge is -2.06. The van der Waals surface area contributed by atoms with E-state index in [1.807, 2.05) is 43.3 Å². The van der Waals surface area contributed by atoms with Crippen LogP contribution in [0.2, 0.25) is 0 Å². The molecule has 2 aromatic rings. The first-order chi connectivity index (χ1) is 8.40. The topological polar surface area (TPSA) is 31.6 Å². The Morgan fingerprint density at radius 1 is 1.06 bits per heavy atom. The lowest BCUT2D eigenvalue weighted by atomic mass is 10.2. The molecule has 0 aliphatic rings. The minimum absolute atomic E-state index is 0.577. The van der Waals surface area contributed by atoms with Gasteiger partial charge >= 0.3 is 0 Å². The van der Waals surface area contributed by atoms with Gasteiger partial charge < -0.3 is 13.9 Å². The molecule has 0 radical (unpaired) electrons. The molecule has 0 atom stereocenters. The molecule has 0 fully saturated rings. The van der Waals surface area contributed by atoms with Crippen LogP contribution < -0.4 is 4.74 Å². The summed E-state index contributed by atoms with van der Waals surface area (Å²) in [5, 5.41) is 0. The van der Waals surface area contributed by atoms with Gasteiger partial charge in [-0.15, -0.1) is 0 Å². The summed E-state index contributed by atoms with van der Waals surface area (Å²) in [5.41, 5.74) is 1.05. The zero-order chi connectivity index (χ0) is 11.9. The maximum absolute atomic E-state index is 5.52. The molecule has 0 saturated heterocycles. The molecular formula is C14H16O3. The van der Waals surface area contributed by atoms with Gasteiger partial charge in [-0.05, 0) is 43.3 Å². The van der Waals surface area contributed by atoms with Gasteiger partial charge in [0.2, 0.25) is 0 Å². The van der Waals surface area contributed by atoms with E-state index >= 15 is 0 Å². The number of rotatable bonds is 6. The van der Waals surface area contributed by atoms with Gasteiger partial charge in [-0.1, -0.05) is 0 Å². The van der Waals surface area contributed by atoms with Gasteiger partial charge in [-0.2, -0.15) is 0 Å². The van der Waals surface area contributed by atoms with Crippen LogP contribution in [0.5, 0.6) is 5.75 Å². The molecular weight excluding hydrogens is 216 g/mol. The molecule has 0 spiro atoms. The maximum Gasteiger partial charge on any atom is 0.133 e. The first-order valence-electron chi connectivity index (χ1n) is 5.74. The van der Waals surface area contributed by atoms with Crippen molar-refractivity contribution >= 4 is 0 Å². The van der Waals surface area contributed by atoms with Crippen LogP contribution in [0.25, 0.3) is 11.3 Å². The van der Waals surface area contributed by atoms with Gasteiger partial charge in [-0.3, -0.25) is 0 Å². The number of benzene rings is 1. The average Bonchev–Trinajstić information content (AvgIpc) is 2.89. The highest BCUT2D eigenvalue weighted by molar-refractivity contribution is 5.58. The Morgan fingerprint density at radius 3 is 2.53 bits per heavy atom. The Bertz CT molecular complexity index is 417. The van der Waals surface area contributed by atoms with Crippen LogP contribution in [0.15, 0.2) is 47.1 Å². The van der Waals surface area contributed by atoms with Gasteiger partial charge in [0.05, 0.1) is 12.9 Å². The molecule has 1 heterocycles. The molecule has 0 aliphatic carbocycles. The highest BCUT2D eigenvalue weighted by Gasteiger charge is 2.00. The second-order valence-corrected chi connectivity index (χ2v) is 3.55. The van der Waals surface area contributed by atoms with E-state index in [2.05, 4.69) is 0 Å². The number of hydrogen-bond acceptors (Lipinski definition) is 3. The molecule has 90 valence electrons. The first-order valence-corrected chi connectivity index (χ1v) is 5.74. The summed E-state index contributed by atoms with van der Waals surface area (Å²) in [4.78, 5) is 0. The lowest BCUT2D eigenvalue weighted by molar-refractivity contribution is 0.110. The fourth-order valence-corrected chi connectivity index (χ4v) is 1.52. The standard InChI is InChI=1S/C14H16O3/c1-2-15-10-11-16-13-7-5-12(6-8-13)14-4-3-9-17-14/h3-9H,2,10-11H2,1H3. The zero-order valence-corrected chi connectivity index (χ0v) is 9.89. The summed E-state index contributed by atoms with van der Waals surface area (Å²) >= 11 is 0. The molecule has 0 N–H and O–H groups in total. The van der Waals surface area contributed by atoms with Crippen molar-refractivity contribution in [3.63, 3.8) is 0 Å². The fraction of sp³-hybridized carbons (Fsp3) is 0.286. The van der Waals surface area contributed by atoms with Crippen LogP contribution in [0.3, 0.4) is 0 Å². The molecule has 3 heteroatoms. The Balaban J connectivity index is 1.90. The summed E-state index contributed by atoms with van der Waals surface area (Å²) in [6, 6.07) is 11.6. The van der Waals surface area contributed by atoms with E-state index in [9.17, 15) is 0 Å². The quantitative estimate of drug-likeness (QED) is 0.716. The van der Waals surface area contributed by atoms with Crippen molar-refractivity contribution in [1.29, 1.82) is 0 Å². The maximum atomic E-state index is 5.52. The molecule has 0 saturated carbocycles. The van der Waals surface area contributed by atoms with Crippen LogP contribution in [0.4, 0.5) is 0 Å². The van der Waals surface area contributed by atoms with Gasteiger partial charge in [0.1, 0.15) is 18.1 Å². The van der Waals surface area contributed by atoms with E-state index in [-0.39, 0.29) is 0 Å². The molecule has 3 nitrogen and oxygen atoms in total. The third-order valence-corrected chi connectivity index (χ3v) is 2.36. The van der Waals surface area contributed by atoms with Crippen LogP contribution in [-0.2, 0) is 4.74 Å². The smallest absolute Gasteiger partial charge is 0.133 e.